The number of urea groups is 1. The number of nitrogens with one attached hydrogen (secondary N) is 1. The Kier molecular flexibility index (Phi) is 10.3. The second kappa shape index (κ2) is 14.3. The van der Waals surface area contributed by atoms with Gasteiger partial charge in [-0.15, -0.1) is 5.56 Å². The van der Waals surface area contributed by atoms with E-state index < -0.39 is 48.0 Å². The number of nitrogens with zero attached hydrogens (tertiary/aromatic N) is 2. The molecule has 0 saturated carbocycles. The minimum atomic E-state index is -1.78. The smallest absolute Gasteiger partial charge is 0.338 e. The van der Waals surface area contributed by atoms with Crippen molar-refractivity contribution in [1.29, 1.82) is 0 Å². The Morgan fingerprint density at radius 1 is 0.913 bits per heavy atom. The molecular weight excluding hydrogens is 667 g/mol. The molecule has 11 nitrogen and oxygen atoms in total. The van der Waals surface area contributed by atoms with Gasteiger partial charge in [0.1, 0.15) is 12.7 Å². The van der Waals surface area contributed by atoms with Crippen molar-refractivity contribution in [2.75, 3.05) is 11.9 Å². The maximum Gasteiger partial charge on any atom is 0.338 e. The molecule has 46 heavy (non-hydrogen) atoms. The number of fused-ring (bicyclic) bond motifs is 1. The first kappa shape index (κ1) is 32.9. The summed E-state index contributed by atoms with van der Waals surface area (Å²) in [5, 5.41) is 2.71. The van der Waals surface area contributed by atoms with Crippen LogP contribution >= 0.6 is 0 Å². The fraction of sp³-hybridized carbons (Fsp3) is 0.206. The minimum Gasteiger partial charge on any atom is -0.459 e. The van der Waals surface area contributed by atoms with Gasteiger partial charge < -0.3 is 29.2 Å². The van der Waals surface area contributed by atoms with Crippen molar-refractivity contribution in [2.24, 2.45) is 0 Å². The molecule has 0 unspecified atom stereocenters. The van der Waals surface area contributed by atoms with E-state index in [-0.39, 0.29) is 57.0 Å². The number of rotatable bonds is 8. The average Bonchev–Trinajstić information content (AvgIpc) is 3.34. The predicted molar refractivity (Wildman–Crippen MR) is 159 cm³/mol. The van der Waals surface area contributed by atoms with Crippen molar-refractivity contribution in [3.05, 3.63) is 132 Å². The molecule has 2 amide bonds. The van der Waals surface area contributed by atoms with Crippen LogP contribution < -0.4 is 5.32 Å². The third-order valence-corrected chi connectivity index (χ3v) is 7.57. The van der Waals surface area contributed by atoms with Crippen molar-refractivity contribution in [3.8, 4) is 0 Å². The molecule has 1 saturated heterocycles. The molecule has 4 atom stereocenters. The summed E-state index contributed by atoms with van der Waals surface area (Å²) in [6, 6.07) is 28.9. The zero-order valence-corrected chi connectivity index (χ0v) is 27.5. The second-order valence-corrected chi connectivity index (χ2v) is 10.6. The van der Waals surface area contributed by atoms with E-state index >= 15 is 0 Å². The molecule has 231 valence electrons. The summed E-state index contributed by atoms with van der Waals surface area (Å²) in [5.41, 5.74) is -0.441. The monoisotopic (exact) mass is 695 g/mol. The van der Waals surface area contributed by atoms with E-state index in [1.165, 1.54) is 18.0 Å². The Morgan fingerprint density at radius 2 is 1.48 bits per heavy atom. The van der Waals surface area contributed by atoms with Gasteiger partial charge in [0.2, 0.25) is 0 Å². The SMILES string of the molecule is C[C@@]1(OC(=O)c2ccccc2)[C@H](OC(=O)c2ccccc2)[C@@H](COC(=O)c2ccccc2)O[C@H]1N1Cc2[c-]ccnc2NC1=O.[Y]. The number of carbonyl (C=O) groups excluding carboxylic acids is 4. The standard InChI is InChI=1S/C34H28N3O8.Y/c1-34(45-31(40)24-16-9-4-10-17-24)27(44-30(39)23-14-7-3-8-15-23)26(21-42-29(38)22-12-5-2-6-13-22)43-32(34)37-20-25-18-11-19-35-28(25)36-33(37)41;/h2-17,19,26-27,32H,20-21H2,1H3,(H,35,36,41);/q-1;/t26-,27-,32-,34-;/m1./s1. The van der Waals surface area contributed by atoms with Gasteiger partial charge in [0.15, 0.2) is 17.9 Å². The van der Waals surface area contributed by atoms with Gasteiger partial charge in [-0.3, -0.25) is 4.90 Å². The topological polar surface area (TPSA) is 133 Å². The van der Waals surface area contributed by atoms with Gasteiger partial charge in [0.25, 0.3) is 0 Å². The third kappa shape index (κ3) is 6.86. The molecule has 0 bridgehead atoms. The van der Waals surface area contributed by atoms with Crippen molar-refractivity contribution < 1.29 is 70.8 Å². The molecule has 4 aromatic rings. The molecule has 1 N–H and O–H groups in total. The summed E-state index contributed by atoms with van der Waals surface area (Å²) >= 11 is 0. The van der Waals surface area contributed by atoms with Crippen molar-refractivity contribution >= 4 is 29.8 Å². The number of aromatic nitrogens is 1. The number of hydrogen-bond donors (Lipinski definition) is 1. The summed E-state index contributed by atoms with van der Waals surface area (Å²) in [5.74, 6) is -1.76. The van der Waals surface area contributed by atoms with Crippen LogP contribution in [0.25, 0.3) is 0 Å². The molecule has 1 radical (unpaired) electrons. The fourth-order valence-electron chi connectivity index (χ4n) is 5.33. The first-order valence-electron chi connectivity index (χ1n) is 14.2. The van der Waals surface area contributed by atoms with Crippen LogP contribution in [0, 0.1) is 6.07 Å². The Balaban J connectivity index is 0.00000417. The summed E-state index contributed by atoms with van der Waals surface area (Å²) in [4.78, 5) is 58.8. The van der Waals surface area contributed by atoms with Gasteiger partial charge in [0, 0.05) is 45.1 Å². The minimum absolute atomic E-state index is 0. The van der Waals surface area contributed by atoms with E-state index in [4.69, 9.17) is 18.9 Å². The van der Waals surface area contributed by atoms with Crippen molar-refractivity contribution in [3.63, 3.8) is 0 Å². The van der Waals surface area contributed by atoms with Crippen LogP contribution in [0.4, 0.5) is 10.6 Å². The molecule has 2 aliphatic rings. The Bertz CT molecular complexity index is 1710. The van der Waals surface area contributed by atoms with Crippen molar-refractivity contribution in [2.45, 2.75) is 37.5 Å². The van der Waals surface area contributed by atoms with E-state index in [0.29, 0.717) is 16.9 Å². The molecular formula is C34H28N3O8Y-. The van der Waals surface area contributed by atoms with E-state index in [1.807, 2.05) is 0 Å². The Hall–Kier alpha value is -4.45. The predicted octanol–water partition coefficient (Wildman–Crippen LogP) is 4.65. The molecule has 1 fully saturated rings. The maximum absolute atomic E-state index is 13.5. The van der Waals surface area contributed by atoms with Gasteiger partial charge in [-0.1, -0.05) is 60.8 Å². The second-order valence-electron chi connectivity index (χ2n) is 10.6. The van der Waals surface area contributed by atoms with Crippen LogP contribution in [0.3, 0.4) is 0 Å². The number of ether oxygens (including phenoxy) is 4. The number of hydrogen-bond acceptors (Lipinski definition) is 9. The fourth-order valence-corrected chi connectivity index (χ4v) is 5.33. The molecule has 0 spiro atoms. The molecule has 3 aromatic carbocycles. The largest absolute Gasteiger partial charge is 0.459 e. The Morgan fingerprint density at radius 3 is 2.09 bits per heavy atom. The van der Waals surface area contributed by atoms with Crippen LogP contribution in [-0.2, 0) is 58.2 Å². The third-order valence-electron chi connectivity index (χ3n) is 7.57. The summed E-state index contributed by atoms with van der Waals surface area (Å²) < 4.78 is 24.1. The van der Waals surface area contributed by atoms with Gasteiger partial charge in [-0.05, 0) is 43.3 Å². The van der Waals surface area contributed by atoms with E-state index in [0.717, 1.165) is 0 Å². The molecule has 12 heteroatoms. The van der Waals surface area contributed by atoms with Crippen LogP contribution in [0.5, 0.6) is 0 Å². The number of carbonyl (C=O) groups is 4. The summed E-state index contributed by atoms with van der Waals surface area (Å²) in [7, 11) is 0. The number of esters is 3. The first-order chi connectivity index (χ1) is 21.8. The van der Waals surface area contributed by atoms with Crippen LogP contribution in [0.1, 0.15) is 43.6 Å². The molecule has 0 aliphatic carbocycles. The molecule has 1 aromatic heterocycles. The van der Waals surface area contributed by atoms with Gasteiger partial charge in [-0.2, -0.15) is 12.1 Å². The van der Waals surface area contributed by atoms with Gasteiger partial charge >= 0.3 is 23.9 Å². The molecule has 6 rings (SSSR count). The summed E-state index contributed by atoms with van der Waals surface area (Å²) in [6.07, 6.45) is -2.25. The van der Waals surface area contributed by atoms with Crippen LogP contribution in [0.2, 0.25) is 0 Å². The first-order valence-corrected chi connectivity index (χ1v) is 14.2. The van der Waals surface area contributed by atoms with Gasteiger partial charge in [0.05, 0.1) is 16.7 Å². The quantitative estimate of drug-likeness (QED) is 0.159. The zero-order valence-electron chi connectivity index (χ0n) is 24.7. The van der Waals surface area contributed by atoms with E-state index in [2.05, 4.69) is 16.4 Å². The van der Waals surface area contributed by atoms with Crippen LogP contribution in [0.15, 0.2) is 103 Å². The summed E-state index contributed by atoms with van der Waals surface area (Å²) in [6.45, 7) is 1.14. The maximum atomic E-state index is 13.5. The number of pyridine rings is 1. The average molecular weight is 696 g/mol. The van der Waals surface area contributed by atoms with Crippen LogP contribution in [-0.4, -0.2) is 64.5 Å². The number of anilines is 1. The van der Waals surface area contributed by atoms with E-state index in [1.54, 1.807) is 97.1 Å². The van der Waals surface area contributed by atoms with E-state index in [9.17, 15) is 19.2 Å². The van der Waals surface area contributed by atoms with Crippen molar-refractivity contribution in [1.82, 2.24) is 9.88 Å². The zero-order chi connectivity index (χ0) is 31.4. The number of amides is 2. The Labute approximate surface area is 290 Å². The van der Waals surface area contributed by atoms with Gasteiger partial charge in [-0.25, -0.2) is 19.2 Å². The molecule has 2 aliphatic heterocycles. The number of benzene rings is 3. The normalized spacial score (nSPS) is 21.6. The molecule has 3 heterocycles.